The van der Waals surface area contributed by atoms with Crippen molar-refractivity contribution in [2.75, 3.05) is 38.3 Å². The van der Waals surface area contributed by atoms with Gasteiger partial charge in [-0.2, -0.15) is 4.31 Å². The second kappa shape index (κ2) is 8.81. The van der Waals surface area contributed by atoms with E-state index in [1.807, 2.05) is 29.2 Å². The number of ether oxygens (including phenoxy) is 2. The lowest BCUT2D eigenvalue weighted by Gasteiger charge is -2.30. The zero-order chi connectivity index (χ0) is 22.0. The quantitative estimate of drug-likeness (QED) is 0.453. The monoisotopic (exact) mass is 447 g/mol. The molecule has 31 heavy (non-hydrogen) atoms. The fraction of sp³-hybridized carbons (Fsp3) is 0.429. The number of morpholine rings is 1. The first-order chi connectivity index (χ1) is 14.9. The summed E-state index contributed by atoms with van der Waals surface area (Å²) in [6.07, 6.45) is 1.90. The summed E-state index contributed by atoms with van der Waals surface area (Å²) in [6.45, 7) is 1.57. The van der Waals surface area contributed by atoms with Crippen molar-refractivity contribution in [3.05, 3.63) is 58.1 Å². The minimum absolute atomic E-state index is 0.0241. The van der Waals surface area contributed by atoms with Crippen LogP contribution in [0.15, 0.2) is 47.4 Å². The molecular formula is C21H25N3O6S. The number of nitrogens with zero attached hydrogens (tertiary/aromatic N) is 3. The number of hydrogen-bond donors (Lipinski definition) is 0. The Kier molecular flexibility index (Phi) is 6.12. The maximum absolute atomic E-state index is 13.5. The molecule has 0 bridgehead atoms. The van der Waals surface area contributed by atoms with E-state index < -0.39 is 14.9 Å². The third kappa shape index (κ3) is 4.65. The van der Waals surface area contributed by atoms with Crippen molar-refractivity contribution < 1.29 is 22.8 Å². The Labute approximate surface area is 181 Å². The summed E-state index contributed by atoms with van der Waals surface area (Å²) in [6, 6.07) is 11.9. The number of nitro groups is 1. The molecule has 2 aromatic rings. The first-order valence-electron chi connectivity index (χ1n) is 10.2. The number of benzene rings is 2. The van der Waals surface area contributed by atoms with Gasteiger partial charge in [0.1, 0.15) is 10.6 Å². The summed E-state index contributed by atoms with van der Waals surface area (Å²) in [5.74, 6) is 0.743. The second-order valence-electron chi connectivity index (χ2n) is 7.63. The van der Waals surface area contributed by atoms with Crippen LogP contribution in [-0.2, 0) is 21.3 Å². The fourth-order valence-corrected chi connectivity index (χ4v) is 5.34. The van der Waals surface area contributed by atoms with Gasteiger partial charge in [0.2, 0.25) is 10.0 Å². The molecule has 166 valence electrons. The zero-order valence-corrected chi connectivity index (χ0v) is 18.1. The third-order valence-electron chi connectivity index (χ3n) is 5.55. The molecule has 1 heterocycles. The van der Waals surface area contributed by atoms with Crippen LogP contribution in [0.25, 0.3) is 0 Å². The summed E-state index contributed by atoms with van der Waals surface area (Å²) in [5, 5.41) is 11.4. The average Bonchev–Trinajstić information content (AvgIpc) is 3.63. The van der Waals surface area contributed by atoms with Gasteiger partial charge in [-0.1, -0.05) is 12.1 Å². The normalized spacial score (nSPS) is 17.3. The minimum Gasteiger partial charge on any atom is -0.497 e. The van der Waals surface area contributed by atoms with E-state index >= 15 is 0 Å². The molecule has 1 aliphatic carbocycles. The van der Waals surface area contributed by atoms with E-state index in [0.29, 0.717) is 25.4 Å². The molecule has 1 saturated heterocycles. The smallest absolute Gasteiger partial charge is 0.270 e. The van der Waals surface area contributed by atoms with Crippen LogP contribution in [-0.4, -0.2) is 57.1 Å². The van der Waals surface area contributed by atoms with E-state index in [1.165, 1.54) is 16.4 Å². The van der Waals surface area contributed by atoms with Gasteiger partial charge in [0.25, 0.3) is 5.69 Å². The topological polar surface area (TPSA) is 102 Å². The van der Waals surface area contributed by atoms with Gasteiger partial charge in [-0.3, -0.25) is 10.1 Å². The van der Waals surface area contributed by atoms with Crippen molar-refractivity contribution in [1.82, 2.24) is 4.31 Å². The Morgan fingerprint density at radius 3 is 2.42 bits per heavy atom. The van der Waals surface area contributed by atoms with E-state index in [9.17, 15) is 18.5 Å². The Morgan fingerprint density at radius 2 is 1.84 bits per heavy atom. The van der Waals surface area contributed by atoms with Gasteiger partial charge >= 0.3 is 0 Å². The van der Waals surface area contributed by atoms with E-state index in [0.717, 1.165) is 24.2 Å². The molecule has 1 aliphatic heterocycles. The predicted octanol–water partition coefficient (Wildman–Crippen LogP) is 2.79. The minimum atomic E-state index is -3.92. The zero-order valence-electron chi connectivity index (χ0n) is 17.3. The van der Waals surface area contributed by atoms with Crippen molar-refractivity contribution >= 4 is 21.4 Å². The number of hydrogen-bond acceptors (Lipinski definition) is 7. The number of nitro benzene ring substituents is 1. The molecule has 0 spiro atoms. The molecule has 9 nitrogen and oxygen atoms in total. The highest BCUT2D eigenvalue weighted by Crippen LogP contribution is 2.39. The molecule has 0 unspecified atom stereocenters. The van der Waals surface area contributed by atoms with Gasteiger partial charge in [-0.25, -0.2) is 8.42 Å². The lowest BCUT2D eigenvalue weighted by Crippen LogP contribution is -2.41. The Hall–Kier alpha value is -2.69. The van der Waals surface area contributed by atoms with Gasteiger partial charge in [0.05, 0.1) is 30.9 Å². The Balaban J connectivity index is 1.74. The van der Waals surface area contributed by atoms with Crippen molar-refractivity contribution in [3.63, 3.8) is 0 Å². The average molecular weight is 448 g/mol. The van der Waals surface area contributed by atoms with Gasteiger partial charge in [0.15, 0.2) is 0 Å². The van der Waals surface area contributed by atoms with Crippen molar-refractivity contribution in [2.24, 2.45) is 0 Å². The van der Waals surface area contributed by atoms with Crippen LogP contribution >= 0.6 is 0 Å². The van der Waals surface area contributed by atoms with Crippen LogP contribution in [0.4, 0.5) is 11.4 Å². The molecule has 0 N–H and O–H groups in total. The maximum atomic E-state index is 13.5. The van der Waals surface area contributed by atoms with Crippen LogP contribution in [0, 0.1) is 10.1 Å². The van der Waals surface area contributed by atoms with Gasteiger partial charge in [0, 0.05) is 37.8 Å². The van der Waals surface area contributed by atoms with E-state index in [2.05, 4.69) is 0 Å². The summed E-state index contributed by atoms with van der Waals surface area (Å²) in [7, 11) is -2.31. The number of anilines is 1. The highest BCUT2D eigenvalue weighted by molar-refractivity contribution is 7.89. The standard InChI is InChI=1S/C21H25N3O6S/c1-29-19-7-2-16(3-8-19)15-23(17-4-5-17)20-9-6-18(24(25)26)14-21(20)31(27,28)22-10-12-30-13-11-22/h2-3,6-9,14,17H,4-5,10-13,15H2,1H3. The van der Waals surface area contributed by atoms with Crippen molar-refractivity contribution in [2.45, 2.75) is 30.3 Å². The van der Waals surface area contributed by atoms with Crippen LogP contribution in [0.1, 0.15) is 18.4 Å². The van der Waals surface area contributed by atoms with Crippen LogP contribution in [0.3, 0.4) is 0 Å². The molecule has 1 saturated carbocycles. The largest absolute Gasteiger partial charge is 0.497 e. The first-order valence-corrected chi connectivity index (χ1v) is 11.6. The molecule has 2 aliphatic rings. The molecular weight excluding hydrogens is 422 g/mol. The number of rotatable bonds is 8. The molecule has 0 aromatic heterocycles. The molecule has 0 atom stereocenters. The predicted molar refractivity (Wildman–Crippen MR) is 115 cm³/mol. The summed E-state index contributed by atoms with van der Waals surface area (Å²) >= 11 is 0. The van der Waals surface area contributed by atoms with Crippen molar-refractivity contribution in [3.8, 4) is 5.75 Å². The Morgan fingerprint density at radius 1 is 1.16 bits per heavy atom. The Bertz CT molecular complexity index is 1050. The van der Waals surface area contributed by atoms with Crippen LogP contribution < -0.4 is 9.64 Å². The molecule has 0 amide bonds. The molecule has 4 rings (SSSR count). The highest BCUT2D eigenvalue weighted by atomic mass is 32.2. The van der Waals surface area contributed by atoms with Crippen LogP contribution in [0.2, 0.25) is 0 Å². The van der Waals surface area contributed by atoms with Gasteiger partial charge in [-0.15, -0.1) is 0 Å². The third-order valence-corrected chi connectivity index (χ3v) is 7.48. The first kappa shape index (κ1) is 21.5. The fourth-order valence-electron chi connectivity index (χ4n) is 3.71. The van der Waals surface area contributed by atoms with E-state index in [1.54, 1.807) is 13.2 Å². The van der Waals surface area contributed by atoms with E-state index in [4.69, 9.17) is 9.47 Å². The summed E-state index contributed by atoms with van der Waals surface area (Å²) in [4.78, 5) is 12.8. The number of methoxy groups -OCH3 is 1. The number of sulfonamides is 1. The molecule has 0 radical (unpaired) electrons. The highest BCUT2D eigenvalue weighted by Gasteiger charge is 2.36. The molecule has 2 fully saturated rings. The molecule has 2 aromatic carbocycles. The lowest BCUT2D eigenvalue weighted by molar-refractivity contribution is -0.385. The summed E-state index contributed by atoms with van der Waals surface area (Å²) < 4.78 is 38.8. The molecule has 10 heteroatoms. The maximum Gasteiger partial charge on any atom is 0.270 e. The lowest BCUT2D eigenvalue weighted by atomic mass is 10.1. The SMILES string of the molecule is COc1ccc(CN(c2ccc([N+](=O)[O-])cc2S(=O)(=O)N2CCOCC2)C2CC2)cc1. The van der Waals surface area contributed by atoms with Gasteiger partial charge < -0.3 is 14.4 Å². The van der Waals surface area contributed by atoms with Crippen molar-refractivity contribution in [1.29, 1.82) is 0 Å². The summed E-state index contributed by atoms with van der Waals surface area (Å²) in [5.41, 5.74) is 1.26. The van der Waals surface area contributed by atoms with Gasteiger partial charge in [-0.05, 0) is 36.6 Å². The van der Waals surface area contributed by atoms with E-state index in [-0.39, 0.29) is 29.7 Å². The van der Waals surface area contributed by atoms with Crippen LogP contribution in [0.5, 0.6) is 5.75 Å². The number of non-ortho nitro benzene ring substituents is 1. The second-order valence-corrected chi connectivity index (χ2v) is 9.54.